The Kier molecular flexibility index (Phi) is 7.12. The van der Waals surface area contributed by atoms with Gasteiger partial charge in [-0.15, -0.1) is 0 Å². The molecule has 0 aromatic heterocycles. The third kappa shape index (κ3) is 4.96. The standard InChI is InChI=1S/C10H7Br.C4H8O.Mg.2H/c11-10-6-5-8-3-1-2-4-9(8)7-10;1-2-4-5-3-1;;;/h1-7H;1-4H2;;;/q;;+2;2*-1. The molecule has 1 heterocycles. The van der Waals surface area contributed by atoms with Crippen LogP contribution in [-0.4, -0.2) is 36.3 Å². The van der Waals surface area contributed by atoms with Crippen molar-refractivity contribution in [2.75, 3.05) is 13.2 Å². The molecule has 2 aromatic carbocycles. The van der Waals surface area contributed by atoms with Crippen LogP contribution in [0.15, 0.2) is 46.9 Å². The van der Waals surface area contributed by atoms with Gasteiger partial charge in [-0.25, -0.2) is 0 Å². The zero-order valence-corrected chi connectivity index (χ0v) is 12.9. The van der Waals surface area contributed by atoms with E-state index in [1.165, 1.54) is 23.6 Å². The van der Waals surface area contributed by atoms with Crippen molar-refractivity contribution in [3.8, 4) is 0 Å². The van der Waals surface area contributed by atoms with Gasteiger partial charge in [0.05, 0.1) is 0 Å². The summed E-state index contributed by atoms with van der Waals surface area (Å²) in [5, 5.41) is 2.57. The molecule has 1 nitrogen and oxygen atoms in total. The van der Waals surface area contributed by atoms with E-state index in [9.17, 15) is 0 Å². The van der Waals surface area contributed by atoms with E-state index in [4.69, 9.17) is 4.74 Å². The smallest absolute Gasteiger partial charge is 1.00 e. The van der Waals surface area contributed by atoms with Crippen LogP contribution in [0.4, 0.5) is 0 Å². The van der Waals surface area contributed by atoms with Gasteiger partial charge in [-0.2, -0.15) is 0 Å². The second kappa shape index (κ2) is 8.09. The molecule has 0 bridgehead atoms. The minimum atomic E-state index is 0. The number of ether oxygens (including phenoxy) is 1. The van der Waals surface area contributed by atoms with Gasteiger partial charge in [0.1, 0.15) is 0 Å². The van der Waals surface area contributed by atoms with Crippen LogP contribution in [-0.2, 0) is 4.74 Å². The van der Waals surface area contributed by atoms with E-state index in [1.54, 1.807) is 0 Å². The van der Waals surface area contributed by atoms with E-state index in [-0.39, 0.29) is 25.9 Å². The molecule has 1 aliphatic rings. The summed E-state index contributed by atoms with van der Waals surface area (Å²) in [5.74, 6) is 0. The monoisotopic (exact) mass is 304 g/mol. The van der Waals surface area contributed by atoms with E-state index in [0.29, 0.717) is 0 Å². The first-order chi connectivity index (χ1) is 7.86. The fourth-order valence-electron chi connectivity index (χ4n) is 1.67. The molecule has 0 amide bonds. The predicted octanol–water partition coefficient (Wildman–Crippen LogP) is 4.24. The Hall–Kier alpha value is -0.0938. The Morgan fingerprint density at radius 3 is 2.18 bits per heavy atom. The molecule has 0 N–H and O–H groups in total. The largest absolute Gasteiger partial charge is 2.00 e. The summed E-state index contributed by atoms with van der Waals surface area (Å²) in [4.78, 5) is 0. The van der Waals surface area contributed by atoms with Gasteiger partial charge in [0.2, 0.25) is 0 Å². The van der Waals surface area contributed by atoms with Crippen molar-refractivity contribution in [2.24, 2.45) is 0 Å². The maximum Gasteiger partial charge on any atom is 2.00 e. The molecule has 0 radical (unpaired) electrons. The molecule has 88 valence electrons. The minimum absolute atomic E-state index is 0. The van der Waals surface area contributed by atoms with Gasteiger partial charge in [-0.05, 0) is 35.7 Å². The summed E-state index contributed by atoms with van der Waals surface area (Å²) in [6.07, 6.45) is 2.56. The van der Waals surface area contributed by atoms with Gasteiger partial charge in [-0.3, -0.25) is 0 Å². The quantitative estimate of drug-likeness (QED) is 0.661. The number of halogens is 1. The topological polar surface area (TPSA) is 9.23 Å². The Labute approximate surface area is 130 Å². The van der Waals surface area contributed by atoms with Crippen molar-refractivity contribution in [2.45, 2.75) is 12.8 Å². The first kappa shape index (κ1) is 15.0. The predicted molar refractivity (Wildman–Crippen MR) is 79.7 cm³/mol. The maximum atomic E-state index is 4.94. The van der Waals surface area contributed by atoms with Crippen LogP contribution in [0.25, 0.3) is 10.8 Å². The summed E-state index contributed by atoms with van der Waals surface area (Å²) in [5.41, 5.74) is 0. The van der Waals surface area contributed by atoms with E-state index in [0.717, 1.165) is 17.7 Å². The van der Waals surface area contributed by atoms with Gasteiger partial charge in [0.25, 0.3) is 0 Å². The van der Waals surface area contributed by atoms with E-state index >= 15 is 0 Å². The summed E-state index contributed by atoms with van der Waals surface area (Å²) < 4.78 is 6.08. The second-order valence-corrected chi connectivity index (χ2v) is 4.73. The average molecular weight is 305 g/mol. The fourth-order valence-corrected chi connectivity index (χ4v) is 2.05. The van der Waals surface area contributed by atoms with E-state index in [1.807, 2.05) is 0 Å². The van der Waals surface area contributed by atoms with Crippen molar-refractivity contribution in [3.63, 3.8) is 0 Å². The Bertz CT molecular complexity index is 456. The van der Waals surface area contributed by atoms with Crippen LogP contribution in [0.5, 0.6) is 0 Å². The molecule has 2 aromatic rings. The summed E-state index contributed by atoms with van der Waals surface area (Å²) in [6.45, 7) is 2.00. The molecule has 0 atom stereocenters. The molecule has 0 aliphatic carbocycles. The van der Waals surface area contributed by atoms with Crippen molar-refractivity contribution in [3.05, 3.63) is 46.9 Å². The molecule has 17 heavy (non-hydrogen) atoms. The number of hydrogen-bond donors (Lipinski definition) is 0. The Balaban J connectivity index is 0. The van der Waals surface area contributed by atoms with Crippen LogP contribution in [0.1, 0.15) is 15.7 Å². The zero-order valence-electron chi connectivity index (χ0n) is 11.9. The fraction of sp³-hybridized carbons (Fsp3) is 0.286. The van der Waals surface area contributed by atoms with Gasteiger partial charge in [-0.1, -0.05) is 46.3 Å². The second-order valence-electron chi connectivity index (χ2n) is 3.81. The van der Waals surface area contributed by atoms with Gasteiger partial charge in [0.15, 0.2) is 0 Å². The Morgan fingerprint density at radius 1 is 0.941 bits per heavy atom. The number of rotatable bonds is 0. The summed E-state index contributed by atoms with van der Waals surface area (Å²) in [6, 6.07) is 14.6. The van der Waals surface area contributed by atoms with Crippen LogP contribution in [0, 0.1) is 0 Å². The molecular formula is C14H17BrMgO. The van der Waals surface area contributed by atoms with Crippen molar-refractivity contribution in [1.82, 2.24) is 0 Å². The molecule has 3 rings (SSSR count). The molecule has 3 heteroatoms. The maximum absolute atomic E-state index is 4.94. The number of hydrogen-bond acceptors (Lipinski definition) is 1. The molecule has 1 saturated heterocycles. The van der Waals surface area contributed by atoms with Crippen molar-refractivity contribution < 1.29 is 7.59 Å². The third-order valence-corrected chi connectivity index (χ3v) is 3.03. The first-order valence-corrected chi connectivity index (χ1v) is 6.37. The number of fused-ring (bicyclic) bond motifs is 1. The van der Waals surface area contributed by atoms with Crippen LogP contribution in [0.3, 0.4) is 0 Å². The summed E-state index contributed by atoms with van der Waals surface area (Å²) >= 11 is 3.43. The number of benzene rings is 2. The molecular weight excluding hydrogens is 288 g/mol. The zero-order chi connectivity index (χ0) is 11.2. The average Bonchev–Trinajstić information content (AvgIpc) is 2.87. The van der Waals surface area contributed by atoms with Gasteiger partial charge < -0.3 is 7.59 Å². The first-order valence-electron chi connectivity index (χ1n) is 5.58. The minimum Gasteiger partial charge on any atom is -1.00 e. The molecule has 0 spiro atoms. The van der Waals surface area contributed by atoms with Crippen LogP contribution < -0.4 is 0 Å². The normalized spacial score (nSPS) is 13.7. The van der Waals surface area contributed by atoms with Crippen LogP contribution in [0.2, 0.25) is 0 Å². The summed E-state index contributed by atoms with van der Waals surface area (Å²) in [7, 11) is 0. The van der Waals surface area contributed by atoms with Crippen molar-refractivity contribution >= 4 is 49.8 Å². The van der Waals surface area contributed by atoms with E-state index in [2.05, 4.69) is 58.4 Å². The molecule has 1 aliphatic heterocycles. The third-order valence-electron chi connectivity index (χ3n) is 2.54. The molecule has 1 fully saturated rings. The van der Waals surface area contributed by atoms with E-state index < -0.39 is 0 Å². The van der Waals surface area contributed by atoms with Crippen LogP contribution >= 0.6 is 15.9 Å². The van der Waals surface area contributed by atoms with Crippen molar-refractivity contribution in [1.29, 1.82) is 0 Å². The molecule has 0 saturated carbocycles. The van der Waals surface area contributed by atoms with Gasteiger partial charge in [0, 0.05) is 17.7 Å². The van der Waals surface area contributed by atoms with Gasteiger partial charge >= 0.3 is 23.1 Å². The Morgan fingerprint density at radius 2 is 1.59 bits per heavy atom. The molecule has 0 unspecified atom stereocenters. The SMILES string of the molecule is Brc1ccc2ccccc2c1.C1CCOC1.[H-].[H-].[Mg+2].